The molecule has 3 rings (SSSR count). The zero-order chi connectivity index (χ0) is 14.8. The van der Waals surface area contributed by atoms with Crippen LogP contribution in [0.4, 0.5) is 5.69 Å². The van der Waals surface area contributed by atoms with Crippen LogP contribution in [0.3, 0.4) is 0 Å². The molecule has 0 amide bonds. The normalized spacial score (nSPS) is 20.6. The predicted molar refractivity (Wildman–Crippen MR) is 84.0 cm³/mol. The smallest absolute Gasteiger partial charge is 0.337 e. The van der Waals surface area contributed by atoms with E-state index in [1.807, 2.05) is 12.1 Å². The predicted octanol–water partition coefficient (Wildman–Crippen LogP) is 4.05. The molecule has 0 heterocycles. The molecule has 2 aromatic carbocycles. The number of para-hydroxylation sites is 1. The van der Waals surface area contributed by atoms with E-state index in [0.717, 1.165) is 18.5 Å². The lowest BCUT2D eigenvalue weighted by molar-refractivity contribution is 0.0698. The third-order valence-corrected chi connectivity index (χ3v) is 4.20. The highest BCUT2D eigenvalue weighted by Gasteiger charge is 2.30. The van der Waals surface area contributed by atoms with Crippen molar-refractivity contribution in [1.29, 1.82) is 0 Å². The molecule has 0 spiro atoms. The molecule has 1 saturated carbocycles. The Morgan fingerprint density at radius 3 is 2.43 bits per heavy atom. The van der Waals surface area contributed by atoms with Crippen molar-refractivity contribution in [2.45, 2.75) is 31.7 Å². The van der Waals surface area contributed by atoms with Crippen molar-refractivity contribution in [2.75, 3.05) is 5.32 Å². The molecule has 1 fully saturated rings. The van der Waals surface area contributed by atoms with Crippen molar-refractivity contribution in [3.05, 3.63) is 65.2 Å². The van der Waals surface area contributed by atoms with Gasteiger partial charge in [0.05, 0.1) is 5.56 Å². The topological polar surface area (TPSA) is 49.3 Å². The maximum absolute atomic E-state index is 11.2. The zero-order valence-electron chi connectivity index (χ0n) is 12.0. The Bertz CT molecular complexity index is 643. The van der Waals surface area contributed by atoms with Crippen LogP contribution in [0.5, 0.6) is 0 Å². The lowest BCUT2D eigenvalue weighted by atomic mass is 9.75. The van der Waals surface area contributed by atoms with Crippen molar-refractivity contribution < 1.29 is 9.90 Å². The standard InChI is InChI=1S/C18H19NO2/c1-12-6-8-13(9-7-12)14-10-15(11-14)19-17-5-3-2-4-16(17)18(20)21/h2-9,14-15,19H,10-11H2,1H3,(H,20,21). The number of nitrogens with one attached hydrogen (secondary N) is 1. The number of anilines is 1. The highest BCUT2D eigenvalue weighted by molar-refractivity contribution is 5.94. The summed E-state index contributed by atoms with van der Waals surface area (Å²) in [6, 6.07) is 16.1. The first-order chi connectivity index (χ1) is 10.1. The van der Waals surface area contributed by atoms with Crippen molar-refractivity contribution in [2.24, 2.45) is 0 Å². The van der Waals surface area contributed by atoms with Gasteiger partial charge in [0.25, 0.3) is 0 Å². The number of rotatable bonds is 4. The second-order valence-corrected chi connectivity index (χ2v) is 5.77. The van der Waals surface area contributed by atoms with E-state index in [9.17, 15) is 9.90 Å². The van der Waals surface area contributed by atoms with E-state index in [0.29, 0.717) is 17.5 Å². The maximum Gasteiger partial charge on any atom is 0.337 e. The van der Waals surface area contributed by atoms with Crippen LogP contribution in [-0.4, -0.2) is 17.1 Å². The van der Waals surface area contributed by atoms with Crippen LogP contribution in [0, 0.1) is 6.92 Å². The average Bonchev–Trinajstić information content (AvgIpc) is 2.44. The van der Waals surface area contributed by atoms with Crippen molar-refractivity contribution >= 4 is 11.7 Å². The summed E-state index contributed by atoms with van der Waals surface area (Å²) in [6.45, 7) is 2.09. The molecule has 21 heavy (non-hydrogen) atoms. The number of aromatic carboxylic acids is 1. The summed E-state index contributed by atoms with van der Waals surface area (Å²) in [6.07, 6.45) is 2.11. The third-order valence-electron chi connectivity index (χ3n) is 4.20. The van der Waals surface area contributed by atoms with Gasteiger partial charge in [-0.05, 0) is 43.4 Å². The summed E-state index contributed by atoms with van der Waals surface area (Å²) in [4.78, 5) is 11.2. The van der Waals surface area contributed by atoms with Gasteiger partial charge in [0, 0.05) is 11.7 Å². The van der Waals surface area contributed by atoms with E-state index in [1.54, 1.807) is 12.1 Å². The molecule has 0 aromatic heterocycles. The molecule has 1 aliphatic carbocycles. The van der Waals surface area contributed by atoms with Gasteiger partial charge in [-0.15, -0.1) is 0 Å². The quantitative estimate of drug-likeness (QED) is 0.888. The summed E-state index contributed by atoms with van der Waals surface area (Å²) >= 11 is 0. The molecule has 0 radical (unpaired) electrons. The highest BCUT2D eigenvalue weighted by Crippen LogP contribution is 2.38. The van der Waals surface area contributed by atoms with Gasteiger partial charge in [-0.3, -0.25) is 0 Å². The SMILES string of the molecule is Cc1ccc(C2CC(Nc3ccccc3C(=O)O)C2)cc1. The molecule has 0 atom stereocenters. The van der Waals surface area contributed by atoms with Crippen LogP contribution in [-0.2, 0) is 0 Å². The number of hydrogen-bond acceptors (Lipinski definition) is 2. The first-order valence-corrected chi connectivity index (χ1v) is 7.29. The second kappa shape index (κ2) is 5.60. The van der Waals surface area contributed by atoms with Crippen LogP contribution in [0.1, 0.15) is 40.2 Å². The second-order valence-electron chi connectivity index (χ2n) is 5.77. The lowest BCUT2D eigenvalue weighted by Crippen LogP contribution is -2.34. The third kappa shape index (κ3) is 2.92. The Morgan fingerprint density at radius 1 is 1.10 bits per heavy atom. The number of carboxylic acid groups (broad SMARTS) is 1. The average molecular weight is 281 g/mol. The van der Waals surface area contributed by atoms with Gasteiger partial charge in [0.15, 0.2) is 0 Å². The molecular weight excluding hydrogens is 262 g/mol. The molecule has 0 unspecified atom stereocenters. The fraction of sp³-hybridized carbons (Fsp3) is 0.278. The lowest BCUT2D eigenvalue weighted by Gasteiger charge is -2.37. The van der Waals surface area contributed by atoms with Gasteiger partial charge in [0.2, 0.25) is 0 Å². The largest absolute Gasteiger partial charge is 0.478 e. The number of hydrogen-bond donors (Lipinski definition) is 2. The Labute approximate surface area is 124 Å². The van der Waals surface area contributed by atoms with Gasteiger partial charge < -0.3 is 10.4 Å². The molecule has 0 aliphatic heterocycles. The monoisotopic (exact) mass is 281 g/mol. The summed E-state index contributed by atoms with van der Waals surface area (Å²) in [7, 11) is 0. The van der Waals surface area contributed by atoms with Gasteiger partial charge in [0.1, 0.15) is 0 Å². The Kier molecular flexibility index (Phi) is 3.65. The molecule has 3 nitrogen and oxygen atoms in total. The fourth-order valence-electron chi connectivity index (χ4n) is 2.86. The Balaban J connectivity index is 1.62. The zero-order valence-corrected chi connectivity index (χ0v) is 12.0. The number of benzene rings is 2. The maximum atomic E-state index is 11.2. The van der Waals surface area contributed by atoms with Gasteiger partial charge in [-0.2, -0.15) is 0 Å². The number of carboxylic acids is 1. The molecule has 1 aliphatic rings. The Morgan fingerprint density at radius 2 is 1.76 bits per heavy atom. The molecular formula is C18H19NO2. The van der Waals surface area contributed by atoms with E-state index < -0.39 is 5.97 Å². The van der Waals surface area contributed by atoms with E-state index in [1.165, 1.54) is 11.1 Å². The molecule has 3 heteroatoms. The first-order valence-electron chi connectivity index (χ1n) is 7.29. The minimum absolute atomic E-state index is 0.344. The van der Waals surface area contributed by atoms with E-state index in [2.05, 4.69) is 36.5 Å². The van der Waals surface area contributed by atoms with Gasteiger partial charge in [-0.25, -0.2) is 4.79 Å². The molecule has 2 N–H and O–H groups in total. The minimum Gasteiger partial charge on any atom is -0.478 e. The number of aryl methyl sites for hydroxylation is 1. The van der Waals surface area contributed by atoms with Gasteiger partial charge >= 0.3 is 5.97 Å². The van der Waals surface area contributed by atoms with E-state index >= 15 is 0 Å². The van der Waals surface area contributed by atoms with Crippen LogP contribution >= 0.6 is 0 Å². The fourth-order valence-corrected chi connectivity index (χ4v) is 2.86. The van der Waals surface area contributed by atoms with Crippen LogP contribution in [0.15, 0.2) is 48.5 Å². The van der Waals surface area contributed by atoms with Crippen molar-refractivity contribution in [3.8, 4) is 0 Å². The molecule has 2 aromatic rings. The Hall–Kier alpha value is -2.29. The summed E-state index contributed by atoms with van der Waals surface area (Å²) in [5.41, 5.74) is 3.72. The summed E-state index contributed by atoms with van der Waals surface area (Å²) in [5, 5.41) is 12.5. The first kappa shape index (κ1) is 13.7. The molecule has 108 valence electrons. The summed E-state index contributed by atoms with van der Waals surface area (Å²) in [5.74, 6) is -0.299. The van der Waals surface area contributed by atoms with Crippen molar-refractivity contribution in [3.63, 3.8) is 0 Å². The summed E-state index contributed by atoms with van der Waals surface area (Å²) < 4.78 is 0. The minimum atomic E-state index is -0.882. The van der Waals surface area contributed by atoms with Crippen molar-refractivity contribution in [1.82, 2.24) is 0 Å². The van der Waals surface area contributed by atoms with Crippen LogP contribution in [0.2, 0.25) is 0 Å². The van der Waals surface area contributed by atoms with E-state index in [4.69, 9.17) is 0 Å². The van der Waals surface area contributed by atoms with E-state index in [-0.39, 0.29) is 0 Å². The number of carbonyl (C=O) groups is 1. The molecule has 0 bridgehead atoms. The highest BCUT2D eigenvalue weighted by atomic mass is 16.4. The van der Waals surface area contributed by atoms with Gasteiger partial charge in [-0.1, -0.05) is 42.0 Å². The van der Waals surface area contributed by atoms with Crippen LogP contribution in [0.25, 0.3) is 0 Å². The van der Waals surface area contributed by atoms with Crippen LogP contribution < -0.4 is 5.32 Å². The molecule has 0 saturated heterocycles.